The van der Waals surface area contributed by atoms with Crippen molar-refractivity contribution in [2.75, 3.05) is 0 Å². The molecule has 1 aliphatic rings. The minimum Gasteiger partial charge on any atom is -0.471 e. The van der Waals surface area contributed by atoms with Crippen LogP contribution in [0.4, 0.5) is 0 Å². The molecular formula is C18H16BrN3O3. The van der Waals surface area contributed by atoms with E-state index in [4.69, 9.17) is 9.26 Å². The number of aliphatic hydroxyl groups excluding tert-OH is 1. The van der Waals surface area contributed by atoms with E-state index < -0.39 is 11.7 Å². The smallest absolute Gasteiger partial charge is 0.259 e. The molecule has 0 amide bonds. The van der Waals surface area contributed by atoms with Crippen LogP contribution in [0.25, 0.3) is 22.8 Å². The molecule has 1 N–H and O–H groups in total. The standard InChI is InChI=1S/C18H16BrN3O3/c1-18(2)8-14(23)13-7-11(9-20-17(13)24-18)16-21-15(22-25-16)10-3-5-12(19)6-4-10/h3-7,9,14,23H,8H2,1-2H3. The Bertz CT molecular complexity index is 922. The zero-order valence-corrected chi connectivity index (χ0v) is 15.3. The highest BCUT2D eigenvalue weighted by Crippen LogP contribution is 2.39. The van der Waals surface area contributed by atoms with E-state index in [0.29, 0.717) is 35.1 Å². The normalized spacial score (nSPS) is 18.5. The zero-order valence-electron chi connectivity index (χ0n) is 13.7. The Kier molecular flexibility index (Phi) is 3.85. The number of hydrogen-bond donors (Lipinski definition) is 1. The van der Waals surface area contributed by atoms with Gasteiger partial charge < -0.3 is 14.4 Å². The molecule has 0 radical (unpaired) electrons. The second-order valence-electron chi connectivity index (χ2n) is 6.63. The number of hydrogen-bond acceptors (Lipinski definition) is 6. The van der Waals surface area contributed by atoms with E-state index >= 15 is 0 Å². The third kappa shape index (κ3) is 3.17. The van der Waals surface area contributed by atoms with Crippen molar-refractivity contribution in [3.05, 3.63) is 46.6 Å². The highest BCUT2D eigenvalue weighted by Gasteiger charge is 2.34. The monoisotopic (exact) mass is 401 g/mol. The van der Waals surface area contributed by atoms with Gasteiger partial charge in [0.25, 0.3) is 5.89 Å². The van der Waals surface area contributed by atoms with Crippen LogP contribution in [0, 0.1) is 0 Å². The van der Waals surface area contributed by atoms with Gasteiger partial charge in [0.15, 0.2) is 0 Å². The van der Waals surface area contributed by atoms with Crippen LogP contribution in [-0.4, -0.2) is 25.8 Å². The molecule has 3 heterocycles. The van der Waals surface area contributed by atoms with Crippen molar-refractivity contribution >= 4 is 15.9 Å². The number of halogens is 1. The van der Waals surface area contributed by atoms with Crippen molar-refractivity contribution in [3.8, 4) is 28.7 Å². The summed E-state index contributed by atoms with van der Waals surface area (Å²) in [6, 6.07) is 9.44. The fourth-order valence-electron chi connectivity index (χ4n) is 2.85. The quantitative estimate of drug-likeness (QED) is 0.694. The van der Waals surface area contributed by atoms with Crippen LogP contribution in [0.5, 0.6) is 5.88 Å². The second kappa shape index (κ2) is 5.93. The van der Waals surface area contributed by atoms with E-state index in [-0.39, 0.29) is 0 Å². The van der Waals surface area contributed by atoms with Gasteiger partial charge in [0.2, 0.25) is 11.7 Å². The molecule has 2 aromatic heterocycles. The maximum absolute atomic E-state index is 10.4. The Morgan fingerprint density at radius 3 is 2.72 bits per heavy atom. The van der Waals surface area contributed by atoms with Gasteiger partial charge in [0.05, 0.1) is 11.7 Å². The van der Waals surface area contributed by atoms with Gasteiger partial charge in [0.1, 0.15) is 5.60 Å². The fourth-order valence-corrected chi connectivity index (χ4v) is 3.11. The van der Waals surface area contributed by atoms with Gasteiger partial charge in [-0.1, -0.05) is 21.1 Å². The van der Waals surface area contributed by atoms with Crippen molar-refractivity contribution in [1.29, 1.82) is 0 Å². The maximum atomic E-state index is 10.4. The molecule has 0 spiro atoms. The average Bonchev–Trinajstić information content (AvgIpc) is 3.04. The largest absolute Gasteiger partial charge is 0.471 e. The minimum absolute atomic E-state index is 0.352. The fraction of sp³-hybridized carbons (Fsp3) is 0.278. The lowest BCUT2D eigenvalue weighted by Crippen LogP contribution is -2.35. The number of aliphatic hydroxyl groups is 1. The predicted molar refractivity (Wildman–Crippen MR) is 94.9 cm³/mol. The maximum Gasteiger partial charge on any atom is 0.259 e. The van der Waals surface area contributed by atoms with Gasteiger partial charge in [-0.25, -0.2) is 4.98 Å². The van der Waals surface area contributed by atoms with Crippen LogP contribution in [0.1, 0.15) is 31.9 Å². The topological polar surface area (TPSA) is 81.3 Å². The molecule has 0 saturated carbocycles. The molecular weight excluding hydrogens is 386 g/mol. The highest BCUT2D eigenvalue weighted by molar-refractivity contribution is 9.10. The summed E-state index contributed by atoms with van der Waals surface area (Å²) in [7, 11) is 0. The third-order valence-corrected chi connectivity index (χ3v) is 4.60. The van der Waals surface area contributed by atoms with E-state index in [1.807, 2.05) is 38.1 Å². The minimum atomic E-state index is -0.639. The van der Waals surface area contributed by atoms with Gasteiger partial charge in [-0.05, 0) is 44.2 Å². The first kappa shape index (κ1) is 16.2. The summed E-state index contributed by atoms with van der Waals surface area (Å²) in [5, 5.41) is 14.4. The first-order valence-corrected chi connectivity index (χ1v) is 8.68. The molecule has 1 aliphatic heterocycles. The first-order chi connectivity index (χ1) is 11.9. The molecule has 1 unspecified atom stereocenters. The van der Waals surface area contributed by atoms with Crippen molar-refractivity contribution in [2.45, 2.75) is 32.0 Å². The van der Waals surface area contributed by atoms with Crippen LogP contribution < -0.4 is 4.74 Å². The summed E-state index contributed by atoms with van der Waals surface area (Å²) < 4.78 is 12.2. The summed E-state index contributed by atoms with van der Waals surface area (Å²) in [4.78, 5) is 8.75. The Labute approximate surface area is 153 Å². The van der Waals surface area contributed by atoms with E-state index in [9.17, 15) is 5.11 Å². The summed E-state index contributed by atoms with van der Waals surface area (Å²) >= 11 is 3.40. The summed E-state index contributed by atoms with van der Waals surface area (Å²) in [6.45, 7) is 3.86. The van der Waals surface area contributed by atoms with Crippen LogP contribution in [0.2, 0.25) is 0 Å². The second-order valence-corrected chi connectivity index (χ2v) is 7.55. The van der Waals surface area contributed by atoms with Gasteiger partial charge >= 0.3 is 0 Å². The Morgan fingerprint density at radius 2 is 1.96 bits per heavy atom. The number of ether oxygens (including phenoxy) is 1. The zero-order chi connectivity index (χ0) is 17.6. The van der Waals surface area contributed by atoms with Gasteiger partial charge in [-0.2, -0.15) is 4.98 Å². The van der Waals surface area contributed by atoms with Gasteiger partial charge in [0, 0.05) is 28.2 Å². The predicted octanol–water partition coefficient (Wildman–Crippen LogP) is 4.16. The van der Waals surface area contributed by atoms with Crippen molar-refractivity contribution in [1.82, 2.24) is 15.1 Å². The van der Waals surface area contributed by atoms with E-state index in [0.717, 1.165) is 10.0 Å². The number of fused-ring (bicyclic) bond motifs is 1. The molecule has 0 aliphatic carbocycles. The summed E-state index contributed by atoms with van der Waals surface area (Å²) in [5.41, 5.74) is 1.70. The molecule has 7 heteroatoms. The number of pyridine rings is 1. The molecule has 6 nitrogen and oxygen atoms in total. The number of nitrogens with zero attached hydrogens (tertiary/aromatic N) is 3. The van der Waals surface area contributed by atoms with Crippen molar-refractivity contribution in [3.63, 3.8) is 0 Å². The molecule has 1 aromatic carbocycles. The van der Waals surface area contributed by atoms with E-state index in [1.54, 1.807) is 12.3 Å². The SMILES string of the molecule is CC1(C)CC(O)c2cc(-c3nc(-c4ccc(Br)cc4)no3)cnc2O1. The Morgan fingerprint density at radius 1 is 1.20 bits per heavy atom. The first-order valence-electron chi connectivity index (χ1n) is 7.88. The highest BCUT2D eigenvalue weighted by atomic mass is 79.9. The van der Waals surface area contributed by atoms with Crippen LogP contribution in [-0.2, 0) is 0 Å². The molecule has 25 heavy (non-hydrogen) atoms. The van der Waals surface area contributed by atoms with Crippen LogP contribution >= 0.6 is 15.9 Å². The third-order valence-electron chi connectivity index (χ3n) is 4.07. The van der Waals surface area contributed by atoms with E-state index in [2.05, 4.69) is 31.1 Å². The van der Waals surface area contributed by atoms with Gasteiger partial charge in [-0.15, -0.1) is 0 Å². The average molecular weight is 402 g/mol. The molecule has 4 rings (SSSR count). The molecule has 0 saturated heterocycles. The lowest BCUT2D eigenvalue weighted by Gasteiger charge is -2.34. The Balaban J connectivity index is 1.67. The van der Waals surface area contributed by atoms with Gasteiger partial charge in [-0.3, -0.25) is 0 Å². The van der Waals surface area contributed by atoms with Crippen molar-refractivity contribution < 1.29 is 14.4 Å². The van der Waals surface area contributed by atoms with Crippen molar-refractivity contribution in [2.24, 2.45) is 0 Å². The molecule has 0 fully saturated rings. The van der Waals surface area contributed by atoms with Crippen LogP contribution in [0.3, 0.4) is 0 Å². The number of benzene rings is 1. The van der Waals surface area contributed by atoms with Crippen LogP contribution in [0.15, 0.2) is 45.5 Å². The molecule has 0 bridgehead atoms. The number of rotatable bonds is 2. The lowest BCUT2D eigenvalue weighted by molar-refractivity contribution is 0.00734. The summed E-state index contributed by atoms with van der Waals surface area (Å²) in [5.74, 6) is 1.29. The summed E-state index contributed by atoms with van der Waals surface area (Å²) in [6.07, 6.45) is 1.48. The Hall–Kier alpha value is -2.25. The molecule has 128 valence electrons. The van der Waals surface area contributed by atoms with E-state index in [1.165, 1.54) is 0 Å². The lowest BCUT2D eigenvalue weighted by atomic mass is 9.93. The molecule has 1 atom stereocenters. The number of aromatic nitrogens is 3. The molecule has 3 aromatic rings.